The van der Waals surface area contributed by atoms with Crippen LogP contribution in [0.15, 0.2) is 15.3 Å². The molecule has 3 rings (SSSR count). The minimum Gasteiger partial charge on any atom is -0.493 e. The molecule has 1 aliphatic heterocycles. The first-order valence-electron chi connectivity index (χ1n) is 9.07. The minimum atomic E-state index is -0.297. The number of nitrogens with zero attached hydrogens (tertiary/aromatic N) is 2. The standard InChI is InChI=1S/C20H28N2O5/c1-12(21(2)3)10-22-8-7-13-14(11-22)20(23)27-15-9-16(24-4)18(25-5)19(26-6)17(13)15/h9,12H,7-8,10-11H2,1-6H3. The molecule has 1 unspecified atom stereocenters. The molecule has 27 heavy (non-hydrogen) atoms. The predicted molar refractivity (Wildman–Crippen MR) is 104 cm³/mol. The highest BCUT2D eigenvalue weighted by molar-refractivity contribution is 5.92. The van der Waals surface area contributed by atoms with Gasteiger partial charge in [-0.1, -0.05) is 0 Å². The molecule has 7 nitrogen and oxygen atoms in total. The zero-order valence-electron chi connectivity index (χ0n) is 16.9. The van der Waals surface area contributed by atoms with Crippen molar-refractivity contribution in [3.8, 4) is 17.2 Å². The highest BCUT2D eigenvalue weighted by Gasteiger charge is 2.28. The Labute approximate surface area is 159 Å². The first-order chi connectivity index (χ1) is 12.9. The summed E-state index contributed by atoms with van der Waals surface area (Å²) in [6, 6.07) is 2.09. The first kappa shape index (κ1) is 19.5. The maximum absolute atomic E-state index is 12.7. The van der Waals surface area contributed by atoms with Crippen molar-refractivity contribution in [1.29, 1.82) is 0 Å². The Bertz CT molecular complexity index is 890. The van der Waals surface area contributed by atoms with Gasteiger partial charge in [-0.05, 0) is 33.0 Å². The first-order valence-corrected chi connectivity index (χ1v) is 9.07. The van der Waals surface area contributed by atoms with E-state index in [9.17, 15) is 4.79 Å². The molecule has 0 aliphatic carbocycles. The van der Waals surface area contributed by atoms with Crippen molar-refractivity contribution in [3.63, 3.8) is 0 Å². The number of methoxy groups -OCH3 is 3. The van der Waals surface area contributed by atoms with Crippen LogP contribution in [0, 0.1) is 0 Å². The second kappa shape index (κ2) is 7.78. The molecular weight excluding hydrogens is 348 g/mol. The van der Waals surface area contributed by atoms with Crippen LogP contribution in [0.2, 0.25) is 0 Å². The highest BCUT2D eigenvalue weighted by atomic mass is 16.5. The number of rotatable bonds is 6. The lowest BCUT2D eigenvalue weighted by Crippen LogP contribution is -2.42. The molecule has 1 aliphatic rings. The fourth-order valence-corrected chi connectivity index (χ4v) is 3.64. The molecule has 1 aromatic heterocycles. The van der Waals surface area contributed by atoms with E-state index in [-0.39, 0.29) is 5.63 Å². The highest BCUT2D eigenvalue weighted by Crippen LogP contribution is 2.45. The molecule has 1 aromatic carbocycles. The van der Waals surface area contributed by atoms with E-state index >= 15 is 0 Å². The van der Waals surface area contributed by atoms with Gasteiger partial charge in [-0.3, -0.25) is 4.90 Å². The number of benzene rings is 1. The van der Waals surface area contributed by atoms with Crippen molar-refractivity contribution >= 4 is 11.0 Å². The molecule has 7 heteroatoms. The second-order valence-electron chi connectivity index (χ2n) is 7.16. The zero-order chi connectivity index (χ0) is 19.7. The molecule has 0 saturated carbocycles. The summed E-state index contributed by atoms with van der Waals surface area (Å²) in [6.07, 6.45) is 0.753. The van der Waals surface area contributed by atoms with Gasteiger partial charge in [-0.25, -0.2) is 4.79 Å². The molecule has 0 saturated heterocycles. The van der Waals surface area contributed by atoms with Gasteiger partial charge < -0.3 is 23.5 Å². The van der Waals surface area contributed by atoms with Crippen LogP contribution < -0.4 is 19.8 Å². The number of hydrogen-bond donors (Lipinski definition) is 0. The van der Waals surface area contributed by atoms with Crippen LogP contribution in [-0.4, -0.2) is 64.4 Å². The fraction of sp³-hybridized carbons (Fsp3) is 0.550. The summed E-state index contributed by atoms with van der Waals surface area (Å²) in [6.45, 7) is 4.52. The molecule has 0 N–H and O–H groups in total. The van der Waals surface area contributed by atoms with E-state index in [1.54, 1.807) is 27.4 Å². The van der Waals surface area contributed by atoms with Crippen molar-refractivity contribution in [2.24, 2.45) is 0 Å². The summed E-state index contributed by atoms with van der Waals surface area (Å²) in [5.74, 6) is 1.52. The molecule has 1 atom stereocenters. The molecule has 0 radical (unpaired) electrons. The Kier molecular flexibility index (Phi) is 5.62. The molecule has 2 heterocycles. The van der Waals surface area contributed by atoms with E-state index in [0.717, 1.165) is 30.5 Å². The largest absolute Gasteiger partial charge is 0.493 e. The summed E-state index contributed by atoms with van der Waals surface area (Å²) < 4.78 is 22.1. The summed E-state index contributed by atoms with van der Waals surface area (Å²) >= 11 is 0. The smallest absolute Gasteiger partial charge is 0.341 e. The maximum atomic E-state index is 12.7. The molecule has 0 amide bonds. The van der Waals surface area contributed by atoms with E-state index in [2.05, 4.69) is 30.8 Å². The SMILES string of the molecule is COc1cc2oc(=O)c3c(c2c(OC)c1OC)CCN(CC(C)N(C)C)C3. The monoisotopic (exact) mass is 376 g/mol. The third kappa shape index (κ3) is 3.49. The molecular formula is C20H28N2O5. The number of likely N-dealkylation sites (N-methyl/N-ethyl adjacent to an activating group) is 1. The summed E-state index contributed by atoms with van der Waals surface area (Å²) in [5.41, 5.74) is 1.84. The van der Waals surface area contributed by atoms with Gasteiger partial charge in [0.15, 0.2) is 11.5 Å². The van der Waals surface area contributed by atoms with E-state index in [1.807, 2.05) is 0 Å². The average molecular weight is 376 g/mol. The molecule has 0 bridgehead atoms. The minimum absolute atomic E-state index is 0.297. The van der Waals surface area contributed by atoms with Gasteiger partial charge >= 0.3 is 5.63 Å². The summed E-state index contributed by atoms with van der Waals surface area (Å²) in [7, 11) is 8.83. The third-order valence-electron chi connectivity index (χ3n) is 5.37. The molecule has 2 aromatic rings. The number of fused-ring (bicyclic) bond motifs is 3. The fourth-order valence-electron chi connectivity index (χ4n) is 3.64. The summed E-state index contributed by atoms with van der Waals surface area (Å²) in [5, 5.41) is 0.796. The van der Waals surface area contributed by atoms with Crippen LogP contribution in [0.3, 0.4) is 0 Å². The van der Waals surface area contributed by atoms with E-state index in [0.29, 0.717) is 41.0 Å². The van der Waals surface area contributed by atoms with Gasteiger partial charge in [0, 0.05) is 31.7 Å². The molecule has 0 spiro atoms. The van der Waals surface area contributed by atoms with E-state index in [1.165, 1.54) is 0 Å². The summed E-state index contributed by atoms with van der Waals surface area (Å²) in [4.78, 5) is 17.2. The Hall–Kier alpha value is -2.25. The van der Waals surface area contributed by atoms with Crippen LogP contribution in [0.1, 0.15) is 18.1 Å². The van der Waals surface area contributed by atoms with Crippen LogP contribution in [-0.2, 0) is 13.0 Å². The Balaban J connectivity index is 2.12. The lowest BCUT2D eigenvalue weighted by atomic mass is 9.96. The maximum Gasteiger partial charge on any atom is 0.341 e. The Morgan fingerprint density at radius 3 is 2.44 bits per heavy atom. The Morgan fingerprint density at radius 1 is 1.15 bits per heavy atom. The normalized spacial score (nSPS) is 15.7. The second-order valence-corrected chi connectivity index (χ2v) is 7.16. The van der Waals surface area contributed by atoms with Gasteiger partial charge in [0.2, 0.25) is 5.75 Å². The van der Waals surface area contributed by atoms with Crippen LogP contribution in [0.25, 0.3) is 11.0 Å². The third-order valence-corrected chi connectivity index (χ3v) is 5.37. The van der Waals surface area contributed by atoms with Crippen molar-refractivity contribution < 1.29 is 18.6 Å². The van der Waals surface area contributed by atoms with Gasteiger partial charge in [0.05, 0.1) is 32.3 Å². The van der Waals surface area contributed by atoms with Gasteiger partial charge in [-0.15, -0.1) is 0 Å². The van der Waals surface area contributed by atoms with Crippen molar-refractivity contribution in [3.05, 3.63) is 27.6 Å². The van der Waals surface area contributed by atoms with Crippen LogP contribution in [0.5, 0.6) is 17.2 Å². The number of ether oxygens (including phenoxy) is 3. The average Bonchev–Trinajstić information content (AvgIpc) is 2.66. The van der Waals surface area contributed by atoms with Crippen LogP contribution in [0.4, 0.5) is 0 Å². The quantitative estimate of drug-likeness (QED) is 0.716. The zero-order valence-corrected chi connectivity index (χ0v) is 16.9. The van der Waals surface area contributed by atoms with Crippen molar-refractivity contribution in [2.75, 3.05) is 48.5 Å². The van der Waals surface area contributed by atoms with Gasteiger partial charge in [0.1, 0.15) is 5.58 Å². The van der Waals surface area contributed by atoms with E-state index < -0.39 is 0 Å². The molecule has 0 fully saturated rings. The topological polar surface area (TPSA) is 64.4 Å². The van der Waals surface area contributed by atoms with Crippen molar-refractivity contribution in [2.45, 2.75) is 25.9 Å². The van der Waals surface area contributed by atoms with Gasteiger partial charge in [0.25, 0.3) is 0 Å². The lowest BCUT2D eigenvalue weighted by molar-refractivity contribution is 0.179. The van der Waals surface area contributed by atoms with Crippen LogP contribution >= 0.6 is 0 Å². The lowest BCUT2D eigenvalue weighted by Gasteiger charge is -2.32. The van der Waals surface area contributed by atoms with Crippen molar-refractivity contribution in [1.82, 2.24) is 9.80 Å². The van der Waals surface area contributed by atoms with Gasteiger partial charge in [-0.2, -0.15) is 0 Å². The van der Waals surface area contributed by atoms with E-state index in [4.69, 9.17) is 18.6 Å². The Morgan fingerprint density at radius 2 is 1.85 bits per heavy atom. The number of hydrogen-bond acceptors (Lipinski definition) is 7. The predicted octanol–water partition coefficient (Wildman–Crippen LogP) is 2.13. The molecule has 148 valence electrons.